The molecule has 1 saturated carbocycles. The summed E-state index contributed by atoms with van der Waals surface area (Å²) in [6, 6.07) is 10.7. The van der Waals surface area contributed by atoms with Gasteiger partial charge in [-0.05, 0) is 57.4 Å². The minimum atomic E-state index is -4.84. The number of hydrogen-bond acceptors (Lipinski definition) is 10. The van der Waals surface area contributed by atoms with Crippen LogP contribution in [0.25, 0.3) is 33.5 Å². The first-order valence-electron chi connectivity index (χ1n) is 14.8. The molecule has 2 atom stereocenters. The van der Waals surface area contributed by atoms with Crippen LogP contribution in [0, 0.1) is 13.8 Å². The second-order valence-corrected chi connectivity index (χ2v) is 13.5. The smallest absolute Gasteiger partial charge is 0.390 e. The van der Waals surface area contributed by atoms with Crippen LogP contribution in [0.3, 0.4) is 0 Å². The van der Waals surface area contributed by atoms with Gasteiger partial charge >= 0.3 is 6.18 Å². The molecule has 1 aliphatic carbocycles. The van der Waals surface area contributed by atoms with Crippen LogP contribution in [-0.4, -0.2) is 73.8 Å². The van der Waals surface area contributed by atoms with Crippen molar-refractivity contribution in [1.82, 2.24) is 29.0 Å². The molecule has 11 nitrogen and oxygen atoms in total. The van der Waals surface area contributed by atoms with E-state index in [0.29, 0.717) is 35.8 Å². The lowest BCUT2D eigenvalue weighted by molar-refractivity contribution is -0.137. The van der Waals surface area contributed by atoms with Gasteiger partial charge in [-0.3, -0.25) is 4.90 Å². The number of anilines is 1. The number of aliphatic hydroxyl groups excluding tert-OH is 1. The number of aliphatic hydroxyl groups is 1. The van der Waals surface area contributed by atoms with Crippen molar-refractivity contribution in [1.29, 1.82) is 0 Å². The molecule has 1 aliphatic heterocycles. The van der Waals surface area contributed by atoms with Gasteiger partial charge in [-0.15, -0.1) is 0 Å². The normalized spacial score (nSPS) is 19.5. The molecule has 2 unspecified atom stereocenters. The summed E-state index contributed by atoms with van der Waals surface area (Å²) >= 11 is 0. The summed E-state index contributed by atoms with van der Waals surface area (Å²) in [7, 11) is -4.30. The number of benzene rings is 1. The summed E-state index contributed by atoms with van der Waals surface area (Å²) in [5.41, 5.74) is -0.308. The Morgan fingerprint density at radius 1 is 1.04 bits per heavy atom. The van der Waals surface area contributed by atoms with E-state index in [2.05, 4.69) is 30.3 Å². The van der Waals surface area contributed by atoms with E-state index in [1.54, 1.807) is 38.1 Å². The zero-order valence-electron chi connectivity index (χ0n) is 24.9. The van der Waals surface area contributed by atoms with Crippen LogP contribution in [-0.2, 0) is 16.2 Å². The predicted molar refractivity (Wildman–Crippen MR) is 162 cm³/mol. The number of aromatic nitrogens is 5. The molecule has 5 heterocycles. The minimum absolute atomic E-state index is 0.00640. The number of aryl methyl sites for hydroxylation is 2. The maximum Gasteiger partial charge on any atom is 0.419 e. The van der Waals surface area contributed by atoms with Crippen molar-refractivity contribution in [2.24, 2.45) is 0 Å². The quantitative estimate of drug-likeness (QED) is 0.246. The highest BCUT2D eigenvalue weighted by Gasteiger charge is 2.40. The zero-order valence-corrected chi connectivity index (χ0v) is 25.7. The first-order valence-corrected chi connectivity index (χ1v) is 16.2. The fraction of sp³-hybridized carbons (Fsp3) is 0.355. The fourth-order valence-electron chi connectivity index (χ4n) is 6.47. The molecule has 0 radical (unpaired) electrons. The number of likely N-dealkylation sites (tertiary alicyclic amines) is 1. The molecule has 0 bridgehead atoms. The SMILES string of the molecule is Cc1noc(C)c1-c1ccc2c(-c3nc(NC4CCCC4N4CC(O)C4)ncc3C(F)(F)F)cn(S(=O)(=O)c3ccccc3)c2n1. The number of halogens is 3. The number of nitrogens with zero attached hydrogens (tertiary/aromatic N) is 6. The first kappa shape index (κ1) is 30.3. The molecule has 46 heavy (non-hydrogen) atoms. The third-order valence-electron chi connectivity index (χ3n) is 8.71. The lowest BCUT2D eigenvalue weighted by atomic mass is 10.0. The van der Waals surface area contributed by atoms with Crippen LogP contribution in [0.2, 0.25) is 0 Å². The highest BCUT2D eigenvalue weighted by Crippen LogP contribution is 2.41. The monoisotopic (exact) mass is 653 g/mol. The van der Waals surface area contributed by atoms with Crippen molar-refractivity contribution in [2.45, 2.75) is 62.4 Å². The van der Waals surface area contributed by atoms with Crippen LogP contribution in [0.4, 0.5) is 19.1 Å². The van der Waals surface area contributed by atoms with E-state index in [1.807, 2.05) is 0 Å². The maximum absolute atomic E-state index is 14.5. The van der Waals surface area contributed by atoms with Crippen LogP contribution in [0.15, 0.2) is 64.3 Å². The average molecular weight is 654 g/mol. The van der Waals surface area contributed by atoms with Gasteiger partial charge in [0.2, 0.25) is 5.95 Å². The third kappa shape index (κ3) is 5.21. The lowest BCUT2D eigenvalue weighted by Crippen LogP contribution is -2.58. The van der Waals surface area contributed by atoms with Gasteiger partial charge in [0, 0.05) is 48.5 Å². The summed E-state index contributed by atoms with van der Waals surface area (Å²) in [4.78, 5) is 15.1. The van der Waals surface area contributed by atoms with Crippen molar-refractivity contribution in [3.63, 3.8) is 0 Å². The van der Waals surface area contributed by atoms with Gasteiger partial charge in [0.05, 0.1) is 33.6 Å². The van der Waals surface area contributed by atoms with Crippen LogP contribution >= 0.6 is 0 Å². The van der Waals surface area contributed by atoms with Crippen molar-refractivity contribution >= 4 is 27.0 Å². The van der Waals surface area contributed by atoms with Gasteiger partial charge in [0.15, 0.2) is 5.65 Å². The minimum Gasteiger partial charge on any atom is -0.390 e. The molecule has 15 heteroatoms. The molecule has 0 amide bonds. The molecule has 2 aliphatic rings. The second kappa shape index (κ2) is 11.2. The number of alkyl halides is 3. The van der Waals surface area contributed by atoms with Gasteiger partial charge in [-0.1, -0.05) is 23.4 Å². The molecule has 4 aromatic heterocycles. The highest BCUT2D eigenvalue weighted by molar-refractivity contribution is 7.90. The molecule has 7 rings (SSSR count). The predicted octanol–water partition coefficient (Wildman–Crippen LogP) is 5.03. The van der Waals surface area contributed by atoms with Crippen LogP contribution < -0.4 is 5.32 Å². The summed E-state index contributed by atoms with van der Waals surface area (Å²) in [6.07, 6.45) is -0.810. The van der Waals surface area contributed by atoms with Gasteiger partial charge in [-0.25, -0.2) is 27.3 Å². The van der Waals surface area contributed by atoms with Crippen molar-refractivity contribution in [3.05, 3.63) is 71.9 Å². The summed E-state index contributed by atoms with van der Waals surface area (Å²) in [6.45, 7) is 4.49. The number of nitrogens with one attached hydrogen (secondary N) is 1. The Morgan fingerprint density at radius 3 is 2.48 bits per heavy atom. The van der Waals surface area contributed by atoms with Gasteiger partial charge in [-0.2, -0.15) is 13.2 Å². The zero-order chi connectivity index (χ0) is 32.4. The number of β-amino-alcohol motifs (C(OH)–C–C–N with tert-alkyl or cyclic N) is 1. The Morgan fingerprint density at radius 2 is 1.80 bits per heavy atom. The summed E-state index contributed by atoms with van der Waals surface area (Å²) in [5.74, 6) is 0.450. The molecule has 240 valence electrons. The van der Waals surface area contributed by atoms with Crippen molar-refractivity contribution in [3.8, 4) is 22.5 Å². The molecule has 1 aromatic carbocycles. The molecule has 0 spiro atoms. The van der Waals surface area contributed by atoms with E-state index in [-0.39, 0.29) is 45.6 Å². The van der Waals surface area contributed by atoms with Gasteiger partial charge in [0.1, 0.15) is 11.3 Å². The van der Waals surface area contributed by atoms with E-state index in [0.717, 1.165) is 35.6 Å². The third-order valence-corrected chi connectivity index (χ3v) is 10.4. The number of hydrogen-bond donors (Lipinski definition) is 2. The highest BCUT2D eigenvalue weighted by atomic mass is 32.2. The Labute approximate surface area is 262 Å². The molecule has 2 fully saturated rings. The molecule has 5 aromatic rings. The number of fused-ring (bicyclic) bond motifs is 1. The standard InChI is InChI=1S/C31H30F3N7O4S/c1-17-27(18(2)45-39-17)25-12-11-21-22(16-41(29(21)36-25)46(43,44)20-7-4-3-5-8-20)28-23(31(32,33)34)13-35-30(38-28)37-24-9-6-10-26(24)40-14-19(42)15-40/h3-5,7-8,11-13,16,19,24,26,42H,6,9-10,14-15H2,1-2H3,(H,35,37,38). The maximum atomic E-state index is 14.5. The second-order valence-electron chi connectivity index (χ2n) is 11.7. The Hall–Kier alpha value is -4.34. The van der Waals surface area contributed by atoms with E-state index < -0.39 is 27.5 Å². The largest absolute Gasteiger partial charge is 0.419 e. The van der Waals surface area contributed by atoms with Crippen molar-refractivity contribution < 1.29 is 31.2 Å². The van der Waals surface area contributed by atoms with E-state index in [1.165, 1.54) is 18.2 Å². The Kier molecular flexibility index (Phi) is 7.36. The molecular weight excluding hydrogens is 623 g/mol. The average Bonchev–Trinajstić information content (AvgIpc) is 3.72. The molecule has 2 N–H and O–H groups in total. The lowest BCUT2D eigenvalue weighted by Gasteiger charge is -2.42. The van der Waals surface area contributed by atoms with Crippen LogP contribution in [0.5, 0.6) is 0 Å². The Balaban J connectivity index is 1.40. The number of pyridine rings is 1. The van der Waals surface area contributed by atoms with E-state index in [9.17, 15) is 26.7 Å². The first-order chi connectivity index (χ1) is 21.9. The van der Waals surface area contributed by atoms with E-state index in [4.69, 9.17) is 4.52 Å². The Bertz CT molecular complexity index is 2020. The van der Waals surface area contributed by atoms with Gasteiger partial charge < -0.3 is 14.9 Å². The fourth-order valence-corrected chi connectivity index (χ4v) is 7.81. The summed E-state index contributed by atoms with van der Waals surface area (Å²) in [5, 5.41) is 17.1. The van der Waals surface area contributed by atoms with Crippen molar-refractivity contribution in [2.75, 3.05) is 18.4 Å². The van der Waals surface area contributed by atoms with E-state index >= 15 is 0 Å². The molecule has 1 saturated heterocycles. The number of rotatable bonds is 7. The van der Waals surface area contributed by atoms with Gasteiger partial charge in [0.25, 0.3) is 10.0 Å². The molecular formula is C31H30F3N7O4S. The summed E-state index contributed by atoms with van der Waals surface area (Å²) < 4.78 is 77.6. The topological polar surface area (TPSA) is 139 Å². The van der Waals surface area contributed by atoms with Crippen LogP contribution in [0.1, 0.15) is 36.3 Å².